The molecule has 3 aromatic rings. The van der Waals surface area contributed by atoms with Crippen LogP contribution in [0.2, 0.25) is 0 Å². The molecule has 0 unspecified atom stereocenters. The number of halogens is 3. The van der Waals surface area contributed by atoms with Crippen LogP contribution in [-0.2, 0) is 32.3 Å². The first kappa shape index (κ1) is 32.1. The fourth-order valence-electron chi connectivity index (χ4n) is 5.27. The predicted molar refractivity (Wildman–Crippen MR) is 159 cm³/mol. The fourth-order valence-corrected chi connectivity index (χ4v) is 6.68. The molecule has 7 nitrogen and oxygen atoms in total. The number of carbonyl (C=O) groups excluding carboxylic acids is 2. The average Bonchev–Trinajstić information content (AvgIpc) is 3.49. The summed E-state index contributed by atoms with van der Waals surface area (Å²) in [6, 6.07) is 17.8. The van der Waals surface area contributed by atoms with E-state index in [1.165, 1.54) is 23.1 Å². The van der Waals surface area contributed by atoms with E-state index in [4.69, 9.17) is 0 Å². The van der Waals surface area contributed by atoms with Gasteiger partial charge >= 0.3 is 6.18 Å². The molecule has 1 aliphatic rings. The van der Waals surface area contributed by atoms with Gasteiger partial charge < -0.3 is 10.2 Å². The van der Waals surface area contributed by atoms with Crippen molar-refractivity contribution >= 4 is 27.5 Å². The normalized spacial score (nSPS) is 14.7. The van der Waals surface area contributed by atoms with E-state index in [1.54, 1.807) is 50.2 Å². The number of carbonyl (C=O) groups is 2. The van der Waals surface area contributed by atoms with Crippen LogP contribution in [0.5, 0.6) is 0 Å². The topological polar surface area (TPSA) is 86.8 Å². The van der Waals surface area contributed by atoms with Crippen molar-refractivity contribution in [3.63, 3.8) is 0 Å². The number of nitrogens with zero attached hydrogens (tertiary/aromatic N) is 2. The minimum Gasteiger partial charge on any atom is -0.352 e. The third-order valence-corrected chi connectivity index (χ3v) is 9.42. The monoisotopic (exact) mass is 615 g/mol. The lowest BCUT2D eigenvalue weighted by Gasteiger charge is -2.34. The van der Waals surface area contributed by atoms with Gasteiger partial charge in [-0.25, -0.2) is 8.42 Å². The third-order valence-electron chi connectivity index (χ3n) is 7.63. The van der Waals surface area contributed by atoms with Crippen LogP contribution in [0, 0.1) is 6.92 Å². The highest BCUT2D eigenvalue weighted by atomic mass is 32.2. The number of benzene rings is 3. The zero-order chi connectivity index (χ0) is 31.2. The van der Waals surface area contributed by atoms with Crippen molar-refractivity contribution in [3.8, 4) is 0 Å². The molecule has 4 rings (SSSR count). The summed E-state index contributed by atoms with van der Waals surface area (Å²) in [5.41, 5.74) is 0.140. The Hall–Kier alpha value is -3.86. The summed E-state index contributed by atoms with van der Waals surface area (Å²) in [7, 11) is -4.49. The van der Waals surface area contributed by atoms with Gasteiger partial charge in [-0.2, -0.15) is 13.2 Å². The highest BCUT2D eigenvalue weighted by molar-refractivity contribution is 7.92. The molecule has 0 heterocycles. The number of nitrogens with one attached hydrogen (secondary N) is 1. The van der Waals surface area contributed by atoms with Gasteiger partial charge in [0.15, 0.2) is 0 Å². The van der Waals surface area contributed by atoms with Crippen LogP contribution in [0.25, 0.3) is 0 Å². The van der Waals surface area contributed by atoms with Gasteiger partial charge in [-0.3, -0.25) is 13.9 Å². The number of alkyl halides is 3. The number of aryl methyl sites for hydroxylation is 1. The van der Waals surface area contributed by atoms with Gasteiger partial charge in [0, 0.05) is 12.6 Å². The van der Waals surface area contributed by atoms with Crippen molar-refractivity contribution in [1.82, 2.24) is 10.2 Å². The molecular weight excluding hydrogens is 579 g/mol. The van der Waals surface area contributed by atoms with Crippen LogP contribution in [0.1, 0.15) is 55.7 Å². The number of sulfonamides is 1. The summed E-state index contributed by atoms with van der Waals surface area (Å²) in [6.45, 7) is 2.74. The van der Waals surface area contributed by atoms with Crippen LogP contribution in [0.15, 0.2) is 83.8 Å². The third kappa shape index (κ3) is 7.95. The lowest BCUT2D eigenvalue weighted by molar-refractivity contribution is -0.140. The SMILES string of the molecule is CC[C@@H](C(=O)NC1CCCC1)N(Cc1ccccc1)C(=O)CN(c1cccc(C(F)(F)F)c1)S(=O)(=O)c1ccc(C)cc1. The fraction of sp³-hybridized carbons (Fsp3) is 0.375. The molecule has 0 radical (unpaired) electrons. The molecule has 43 heavy (non-hydrogen) atoms. The van der Waals surface area contributed by atoms with Crippen molar-refractivity contribution in [1.29, 1.82) is 0 Å². The Kier molecular flexibility index (Phi) is 10.2. The molecule has 0 aliphatic heterocycles. The van der Waals surface area contributed by atoms with Crippen molar-refractivity contribution in [3.05, 3.63) is 95.6 Å². The van der Waals surface area contributed by atoms with E-state index >= 15 is 0 Å². The van der Waals surface area contributed by atoms with Crippen molar-refractivity contribution < 1.29 is 31.2 Å². The maximum atomic E-state index is 14.1. The molecule has 1 fully saturated rings. The molecule has 1 aliphatic carbocycles. The molecule has 0 spiro atoms. The van der Waals surface area contributed by atoms with Gasteiger partial charge in [0.1, 0.15) is 12.6 Å². The van der Waals surface area contributed by atoms with Gasteiger partial charge in [-0.1, -0.05) is 73.9 Å². The minimum absolute atomic E-state index is 0.00116. The maximum Gasteiger partial charge on any atom is 0.416 e. The number of anilines is 1. The van der Waals surface area contributed by atoms with Crippen LogP contribution in [-0.4, -0.2) is 43.8 Å². The molecule has 2 amide bonds. The second-order valence-corrected chi connectivity index (χ2v) is 12.7. The molecule has 1 N–H and O–H groups in total. The Balaban J connectivity index is 1.75. The summed E-state index contributed by atoms with van der Waals surface area (Å²) < 4.78 is 69.5. The van der Waals surface area contributed by atoms with E-state index in [1.807, 2.05) is 6.07 Å². The standard InChI is InChI=1S/C32H36F3N3O4S/c1-3-29(31(40)36-26-13-7-8-14-26)37(21-24-10-5-4-6-11-24)30(39)22-38(27-15-9-12-25(20-27)32(33,34)35)43(41,42)28-18-16-23(2)17-19-28/h4-6,9-12,15-20,26,29H,3,7-8,13-14,21-22H2,1-2H3,(H,36,40)/t29-/m0/s1. The van der Waals surface area contributed by atoms with Gasteiger partial charge in [0.05, 0.1) is 16.1 Å². The van der Waals surface area contributed by atoms with E-state index in [2.05, 4.69) is 5.32 Å². The maximum absolute atomic E-state index is 14.1. The van der Waals surface area contributed by atoms with Crippen molar-refractivity contribution in [2.24, 2.45) is 0 Å². The van der Waals surface area contributed by atoms with Crippen LogP contribution < -0.4 is 9.62 Å². The molecule has 0 bridgehead atoms. The summed E-state index contributed by atoms with van der Waals surface area (Å²) >= 11 is 0. The van der Waals surface area contributed by atoms with E-state index in [9.17, 15) is 31.2 Å². The zero-order valence-electron chi connectivity index (χ0n) is 24.2. The van der Waals surface area contributed by atoms with Crippen molar-refractivity contribution in [2.45, 2.75) is 75.7 Å². The Bertz CT molecular complexity index is 1510. The average molecular weight is 616 g/mol. The summed E-state index contributed by atoms with van der Waals surface area (Å²) in [6.07, 6.45) is -0.802. The van der Waals surface area contributed by atoms with Crippen LogP contribution >= 0.6 is 0 Å². The van der Waals surface area contributed by atoms with Crippen LogP contribution in [0.4, 0.5) is 18.9 Å². The number of rotatable bonds is 11. The van der Waals surface area contributed by atoms with Gasteiger partial charge in [-0.05, 0) is 62.1 Å². The molecule has 230 valence electrons. The summed E-state index contributed by atoms with van der Waals surface area (Å²) in [5.74, 6) is -1.06. The molecule has 1 atom stereocenters. The first-order chi connectivity index (χ1) is 20.4. The van der Waals surface area contributed by atoms with Crippen molar-refractivity contribution in [2.75, 3.05) is 10.8 Å². The largest absolute Gasteiger partial charge is 0.416 e. The van der Waals surface area contributed by atoms with Gasteiger partial charge in [-0.15, -0.1) is 0 Å². The van der Waals surface area contributed by atoms with Crippen LogP contribution in [0.3, 0.4) is 0 Å². The molecule has 1 saturated carbocycles. The predicted octanol–water partition coefficient (Wildman–Crippen LogP) is 6.08. The lowest BCUT2D eigenvalue weighted by atomic mass is 10.1. The quantitative estimate of drug-likeness (QED) is 0.284. The Labute approximate surface area is 250 Å². The zero-order valence-corrected chi connectivity index (χ0v) is 25.0. The molecule has 0 saturated heterocycles. The molecule has 0 aromatic heterocycles. The second-order valence-electron chi connectivity index (χ2n) is 10.8. The van der Waals surface area contributed by atoms with E-state index in [-0.39, 0.29) is 35.5 Å². The molecular formula is C32H36F3N3O4S. The smallest absolute Gasteiger partial charge is 0.352 e. The summed E-state index contributed by atoms with van der Waals surface area (Å²) in [5, 5.41) is 3.03. The Morgan fingerprint density at radius 3 is 2.21 bits per heavy atom. The highest BCUT2D eigenvalue weighted by Gasteiger charge is 2.36. The van der Waals surface area contributed by atoms with E-state index in [0.717, 1.165) is 48.9 Å². The first-order valence-electron chi connectivity index (χ1n) is 14.3. The Morgan fingerprint density at radius 2 is 1.60 bits per heavy atom. The highest BCUT2D eigenvalue weighted by Crippen LogP contribution is 2.33. The second kappa shape index (κ2) is 13.6. The molecule has 11 heteroatoms. The minimum atomic E-state index is -4.73. The van der Waals surface area contributed by atoms with Gasteiger partial charge in [0.25, 0.3) is 10.0 Å². The van der Waals surface area contributed by atoms with E-state index in [0.29, 0.717) is 10.4 Å². The molecule has 3 aromatic carbocycles. The van der Waals surface area contributed by atoms with E-state index < -0.39 is 40.3 Å². The van der Waals surface area contributed by atoms with Gasteiger partial charge in [0.2, 0.25) is 11.8 Å². The Morgan fingerprint density at radius 1 is 0.953 bits per heavy atom. The first-order valence-corrected chi connectivity index (χ1v) is 15.7. The number of hydrogen-bond acceptors (Lipinski definition) is 4. The number of hydrogen-bond donors (Lipinski definition) is 1. The lowest BCUT2D eigenvalue weighted by Crippen LogP contribution is -2.53. The number of amides is 2. The summed E-state index contributed by atoms with van der Waals surface area (Å²) in [4.78, 5) is 28.7.